The lowest BCUT2D eigenvalue weighted by atomic mass is 9.93. The van der Waals surface area contributed by atoms with Gasteiger partial charge in [0.1, 0.15) is 5.82 Å². The number of aromatic nitrogens is 2. The van der Waals surface area contributed by atoms with Crippen molar-refractivity contribution in [1.82, 2.24) is 15.3 Å². The monoisotopic (exact) mass is 378 g/mol. The number of piperidine rings is 1. The molecule has 1 aromatic heterocycles. The number of hydrogen-bond donors (Lipinski definition) is 1. The quantitative estimate of drug-likeness (QED) is 0.870. The van der Waals surface area contributed by atoms with Gasteiger partial charge in [-0.15, -0.1) is 0 Å². The Hall–Kier alpha value is -2.43. The van der Waals surface area contributed by atoms with E-state index in [2.05, 4.69) is 46.4 Å². The molecule has 4 rings (SSSR count). The minimum absolute atomic E-state index is 0.0495. The minimum Gasteiger partial charge on any atom is -0.356 e. The molecule has 1 N–H and O–H groups in total. The van der Waals surface area contributed by atoms with Crippen molar-refractivity contribution in [2.75, 3.05) is 18.0 Å². The predicted molar refractivity (Wildman–Crippen MR) is 112 cm³/mol. The lowest BCUT2D eigenvalue weighted by Gasteiger charge is -2.34. The van der Waals surface area contributed by atoms with Gasteiger partial charge in [-0.3, -0.25) is 4.79 Å². The molecule has 1 saturated carbocycles. The van der Waals surface area contributed by atoms with E-state index in [1.165, 1.54) is 24.8 Å². The number of nitrogens with zero attached hydrogens (tertiary/aromatic N) is 3. The molecule has 0 unspecified atom stereocenters. The van der Waals surface area contributed by atoms with Crippen molar-refractivity contribution in [2.24, 2.45) is 5.92 Å². The van der Waals surface area contributed by atoms with Crippen LogP contribution in [-0.4, -0.2) is 35.0 Å². The van der Waals surface area contributed by atoms with Crippen LogP contribution < -0.4 is 10.2 Å². The normalized spacial score (nSPS) is 20.8. The third-order valence-corrected chi connectivity index (χ3v) is 6.02. The summed E-state index contributed by atoms with van der Waals surface area (Å²) >= 11 is 0. The molecule has 2 aliphatic rings. The maximum absolute atomic E-state index is 12.8. The molecule has 5 nitrogen and oxygen atoms in total. The maximum atomic E-state index is 12.8. The zero-order valence-electron chi connectivity index (χ0n) is 16.7. The molecule has 2 heterocycles. The molecule has 148 valence electrons. The molecule has 0 radical (unpaired) electrons. The lowest BCUT2D eigenvalue weighted by Crippen LogP contribution is -2.46. The fourth-order valence-corrected chi connectivity index (χ4v) is 4.33. The summed E-state index contributed by atoms with van der Waals surface area (Å²) in [5.41, 5.74) is 2.25. The van der Waals surface area contributed by atoms with Gasteiger partial charge in [0, 0.05) is 30.9 Å². The van der Waals surface area contributed by atoms with Crippen LogP contribution in [-0.2, 0) is 4.79 Å². The fourth-order valence-electron chi connectivity index (χ4n) is 4.33. The van der Waals surface area contributed by atoms with Gasteiger partial charge >= 0.3 is 0 Å². The first-order valence-electron chi connectivity index (χ1n) is 10.6. The van der Waals surface area contributed by atoms with Crippen molar-refractivity contribution >= 4 is 11.7 Å². The second-order valence-corrected chi connectivity index (χ2v) is 8.23. The van der Waals surface area contributed by atoms with Crippen LogP contribution in [0, 0.1) is 12.8 Å². The summed E-state index contributed by atoms with van der Waals surface area (Å²) in [5.74, 6) is 1.94. The molecule has 5 heteroatoms. The second-order valence-electron chi connectivity index (χ2n) is 8.23. The first kappa shape index (κ1) is 18.9. The van der Waals surface area contributed by atoms with Crippen molar-refractivity contribution in [2.45, 2.75) is 57.9 Å². The number of nitrogens with one attached hydrogen (secondary N) is 1. The van der Waals surface area contributed by atoms with E-state index < -0.39 is 0 Å². The smallest absolute Gasteiger partial charge is 0.225 e. The molecule has 28 heavy (non-hydrogen) atoms. The second kappa shape index (κ2) is 8.72. The van der Waals surface area contributed by atoms with Crippen molar-refractivity contribution in [1.29, 1.82) is 0 Å². The number of aryl methyl sites for hydroxylation is 1. The highest BCUT2D eigenvalue weighted by Gasteiger charge is 2.28. The number of carbonyl (C=O) groups is 1. The van der Waals surface area contributed by atoms with E-state index >= 15 is 0 Å². The molecular weight excluding hydrogens is 348 g/mol. The number of carbonyl (C=O) groups excluding carboxylic acids is 1. The van der Waals surface area contributed by atoms with Crippen LogP contribution >= 0.6 is 0 Å². The Labute approximate surface area is 167 Å². The lowest BCUT2D eigenvalue weighted by molar-refractivity contribution is -0.126. The van der Waals surface area contributed by atoms with Gasteiger partial charge in [0.2, 0.25) is 5.91 Å². The maximum Gasteiger partial charge on any atom is 0.225 e. The zero-order valence-corrected chi connectivity index (χ0v) is 16.7. The molecular formula is C23H30N4O. The van der Waals surface area contributed by atoms with Crippen LogP contribution in [0.4, 0.5) is 5.82 Å². The highest BCUT2D eigenvalue weighted by Crippen LogP contribution is 2.25. The first-order chi connectivity index (χ1) is 13.7. The van der Waals surface area contributed by atoms with Crippen LogP contribution in [0.25, 0.3) is 11.4 Å². The minimum atomic E-state index is 0.0495. The number of amides is 1. The van der Waals surface area contributed by atoms with Gasteiger partial charge in [-0.1, -0.05) is 49.1 Å². The van der Waals surface area contributed by atoms with E-state index in [4.69, 9.17) is 4.98 Å². The highest BCUT2D eigenvalue weighted by molar-refractivity contribution is 5.80. The number of rotatable bonds is 4. The number of hydrogen-bond acceptors (Lipinski definition) is 4. The summed E-state index contributed by atoms with van der Waals surface area (Å²) in [6.07, 6.45) is 9.86. The van der Waals surface area contributed by atoms with Crippen LogP contribution in [0.5, 0.6) is 0 Å². The standard InChI is InChI=1S/C23H30N4O/c1-17-9-11-18(12-10-17)22-24-14-13-21(26-22)27-15-5-6-19(16-27)23(28)25-20-7-3-2-4-8-20/h9-14,19-20H,2-8,15-16H2,1H3,(H,25,28)/t19-/m0/s1. The van der Waals surface area contributed by atoms with Gasteiger partial charge in [0.15, 0.2) is 5.82 Å². The third-order valence-electron chi connectivity index (χ3n) is 6.02. The zero-order chi connectivity index (χ0) is 19.3. The Morgan fingerprint density at radius 3 is 2.61 bits per heavy atom. The van der Waals surface area contributed by atoms with Crippen molar-refractivity contribution in [3.8, 4) is 11.4 Å². The third kappa shape index (κ3) is 4.51. The van der Waals surface area contributed by atoms with Gasteiger partial charge in [-0.2, -0.15) is 0 Å². The summed E-state index contributed by atoms with van der Waals surface area (Å²) < 4.78 is 0. The van der Waals surface area contributed by atoms with Crippen molar-refractivity contribution < 1.29 is 4.79 Å². The summed E-state index contributed by atoms with van der Waals surface area (Å²) in [6.45, 7) is 3.76. The van der Waals surface area contributed by atoms with E-state index in [9.17, 15) is 4.79 Å². The predicted octanol–water partition coefficient (Wildman–Crippen LogP) is 4.12. The molecule has 1 aliphatic carbocycles. The SMILES string of the molecule is Cc1ccc(-c2nccc(N3CCC[C@H](C(=O)NC4CCCCC4)C3)n2)cc1. The summed E-state index contributed by atoms with van der Waals surface area (Å²) in [6, 6.07) is 10.6. The largest absolute Gasteiger partial charge is 0.356 e. The van der Waals surface area contributed by atoms with Crippen LogP contribution in [0.1, 0.15) is 50.5 Å². The van der Waals surface area contributed by atoms with Gasteiger partial charge in [-0.25, -0.2) is 9.97 Å². The van der Waals surface area contributed by atoms with Crippen LogP contribution in [0.3, 0.4) is 0 Å². The molecule has 0 bridgehead atoms. The van der Waals surface area contributed by atoms with Gasteiger partial charge < -0.3 is 10.2 Å². The molecule has 2 aromatic rings. The average molecular weight is 379 g/mol. The average Bonchev–Trinajstić information content (AvgIpc) is 2.75. The molecule has 1 saturated heterocycles. The Morgan fingerprint density at radius 2 is 1.82 bits per heavy atom. The van der Waals surface area contributed by atoms with Gasteiger partial charge in [0.05, 0.1) is 5.92 Å². The molecule has 1 aromatic carbocycles. The van der Waals surface area contributed by atoms with Crippen molar-refractivity contribution in [3.63, 3.8) is 0 Å². The van der Waals surface area contributed by atoms with E-state index in [0.717, 1.165) is 56.0 Å². The first-order valence-corrected chi connectivity index (χ1v) is 10.6. The topological polar surface area (TPSA) is 58.1 Å². The molecule has 0 spiro atoms. The van der Waals surface area contributed by atoms with E-state index in [1.54, 1.807) is 0 Å². The number of benzene rings is 1. The Kier molecular flexibility index (Phi) is 5.89. The van der Waals surface area contributed by atoms with Crippen molar-refractivity contribution in [3.05, 3.63) is 42.1 Å². The number of anilines is 1. The Balaban J connectivity index is 1.43. The summed E-state index contributed by atoms with van der Waals surface area (Å²) in [5, 5.41) is 3.30. The summed E-state index contributed by atoms with van der Waals surface area (Å²) in [4.78, 5) is 24.3. The molecule has 1 atom stereocenters. The van der Waals surface area contributed by atoms with Crippen LogP contribution in [0.2, 0.25) is 0 Å². The Bertz CT molecular complexity index is 799. The Morgan fingerprint density at radius 1 is 1.04 bits per heavy atom. The van der Waals surface area contributed by atoms with Gasteiger partial charge in [0.25, 0.3) is 0 Å². The molecule has 1 aliphatic heterocycles. The fraction of sp³-hybridized carbons (Fsp3) is 0.522. The van der Waals surface area contributed by atoms with E-state index in [1.807, 2.05) is 12.3 Å². The van der Waals surface area contributed by atoms with Gasteiger partial charge in [-0.05, 0) is 38.7 Å². The van der Waals surface area contributed by atoms with E-state index in [-0.39, 0.29) is 11.8 Å². The summed E-state index contributed by atoms with van der Waals surface area (Å²) in [7, 11) is 0. The highest BCUT2D eigenvalue weighted by atomic mass is 16.2. The molecule has 2 fully saturated rings. The molecule has 1 amide bonds. The van der Waals surface area contributed by atoms with Crippen LogP contribution in [0.15, 0.2) is 36.5 Å². The van der Waals surface area contributed by atoms with E-state index in [0.29, 0.717) is 6.04 Å².